The highest BCUT2D eigenvalue weighted by Crippen LogP contribution is 2.32. The van der Waals surface area contributed by atoms with Crippen molar-refractivity contribution in [1.82, 2.24) is 9.88 Å². The fourth-order valence-corrected chi connectivity index (χ4v) is 5.09. The van der Waals surface area contributed by atoms with Gasteiger partial charge in [0.05, 0.1) is 36.3 Å². The molecule has 1 aliphatic rings. The third kappa shape index (κ3) is 5.74. The molecule has 31 heavy (non-hydrogen) atoms. The molecular weight excluding hydrogens is 437 g/mol. The van der Waals surface area contributed by atoms with Gasteiger partial charge in [0.2, 0.25) is 5.91 Å². The van der Waals surface area contributed by atoms with Gasteiger partial charge in [-0.15, -0.1) is 11.8 Å². The number of halogens is 1. The van der Waals surface area contributed by atoms with Crippen molar-refractivity contribution in [2.24, 2.45) is 0 Å². The van der Waals surface area contributed by atoms with Gasteiger partial charge in [-0.3, -0.25) is 14.6 Å². The molecule has 1 aromatic heterocycles. The second-order valence-corrected chi connectivity index (χ2v) is 9.13. The van der Waals surface area contributed by atoms with Crippen LogP contribution in [0, 0.1) is 5.82 Å². The first-order valence-corrected chi connectivity index (χ1v) is 11.9. The fourth-order valence-electron chi connectivity index (χ4n) is 3.28. The zero-order valence-electron chi connectivity index (χ0n) is 17.3. The van der Waals surface area contributed by atoms with Gasteiger partial charge in [0.15, 0.2) is 5.13 Å². The third-order valence-electron chi connectivity index (χ3n) is 5.04. The van der Waals surface area contributed by atoms with E-state index in [1.807, 2.05) is 18.2 Å². The average Bonchev–Trinajstić information content (AvgIpc) is 3.22. The summed E-state index contributed by atoms with van der Waals surface area (Å²) in [7, 11) is 1.63. The SMILES string of the molecule is COc1ccc2nc(N(CCN3CCOCC3)C(=O)CSc3ccc(F)cc3)sc2c1. The summed E-state index contributed by atoms with van der Waals surface area (Å²) in [6.07, 6.45) is 0. The van der Waals surface area contributed by atoms with Crippen LogP contribution in [0.25, 0.3) is 10.2 Å². The third-order valence-corrected chi connectivity index (χ3v) is 7.07. The molecule has 4 rings (SSSR count). The molecule has 0 atom stereocenters. The van der Waals surface area contributed by atoms with Crippen LogP contribution >= 0.6 is 23.1 Å². The molecule has 0 N–H and O–H groups in total. The second kappa shape index (κ2) is 10.4. The highest BCUT2D eigenvalue weighted by molar-refractivity contribution is 8.00. The van der Waals surface area contributed by atoms with Crippen molar-refractivity contribution in [1.29, 1.82) is 0 Å². The molecule has 0 spiro atoms. The quantitative estimate of drug-likeness (QED) is 0.474. The Labute approximate surface area is 189 Å². The first-order valence-electron chi connectivity index (χ1n) is 10.1. The Hall–Kier alpha value is -2.20. The summed E-state index contributed by atoms with van der Waals surface area (Å²) in [5, 5.41) is 0.682. The zero-order chi connectivity index (χ0) is 21.6. The van der Waals surface area contributed by atoms with Crippen LogP contribution in [0.3, 0.4) is 0 Å². The summed E-state index contributed by atoms with van der Waals surface area (Å²) in [4.78, 5) is 22.8. The smallest absolute Gasteiger partial charge is 0.239 e. The van der Waals surface area contributed by atoms with E-state index < -0.39 is 0 Å². The highest BCUT2D eigenvalue weighted by Gasteiger charge is 2.22. The molecule has 1 saturated heterocycles. The van der Waals surface area contributed by atoms with Gasteiger partial charge >= 0.3 is 0 Å². The Bertz CT molecular complexity index is 1020. The summed E-state index contributed by atoms with van der Waals surface area (Å²) in [5.41, 5.74) is 0.844. The fraction of sp³-hybridized carbons (Fsp3) is 0.364. The van der Waals surface area contributed by atoms with Crippen molar-refractivity contribution in [3.63, 3.8) is 0 Å². The molecule has 2 heterocycles. The predicted molar refractivity (Wildman–Crippen MR) is 123 cm³/mol. The van der Waals surface area contributed by atoms with Crippen LogP contribution < -0.4 is 9.64 Å². The number of carbonyl (C=O) groups excluding carboxylic acids is 1. The largest absolute Gasteiger partial charge is 0.497 e. The first-order chi connectivity index (χ1) is 15.1. The number of hydrogen-bond donors (Lipinski definition) is 0. The standard InChI is InChI=1S/C22H24FN3O3S2/c1-28-17-4-7-19-20(14-17)31-22(24-19)26(9-8-25-10-12-29-13-11-25)21(27)15-30-18-5-2-16(23)3-6-18/h2-7,14H,8-13,15H2,1H3. The van der Waals surface area contributed by atoms with Crippen LogP contribution in [0.5, 0.6) is 5.75 Å². The monoisotopic (exact) mass is 461 g/mol. The van der Waals surface area contributed by atoms with Crippen LogP contribution in [-0.4, -0.2) is 68.0 Å². The lowest BCUT2D eigenvalue weighted by Gasteiger charge is -2.29. The number of rotatable bonds is 8. The molecule has 1 amide bonds. The number of methoxy groups -OCH3 is 1. The van der Waals surface area contributed by atoms with E-state index in [1.165, 1.54) is 35.2 Å². The Kier molecular flexibility index (Phi) is 7.39. The maximum Gasteiger partial charge on any atom is 0.239 e. The molecule has 0 saturated carbocycles. The van der Waals surface area contributed by atoms with E-state index in [4.69, 9.17) is 14.5 Å². The maximum absolute atomic E-state index is 13.2. The summed E-state index contributed by atoms with van der Waals surface area (Å²) in [6, 6.07) is 11.9. The molecule has 9 heteroatoms. The lowest BCUT2D eigenvalue weighted by molar-refractivity contribution is -0.116. The van der Waals surface area contributed by atoms with Crippen LogP contribution in [0.15, 0.2) is 47.4 Å². The van der Waals surface area contributed by atoms with E-state index >= 15 is 0 Å². The number of amides is 1. The Morgan fingerprint density at radius 1 is 1.26 bits per heavy atom. The Morgan fingerprint density at radius 2 is 2.03 bits per heavy atom. The summed E-state index contributed by atoms with van der Waals surface area (Å²) >= 11 is 2.89. The number of ether oxygens (including phenoxy) is 2. The van der Waals surface area contributed by atoms with E-state index in [0.29, 0.717) is 11.7 Å². The molecule has 2 aromatic carbocycles. The van der Waals surface area contributed by atoms with Gasteiger partial charge in [0.25, 0.3) is 0 Å². The molecule has 0 radical (unpaired) electrons. The number of benzene rings is 2. The normalized spacial score (nSPS) is 14.6. The number of thiazole rings is 1. The van der Waals surface area contributed by atoms with Crippen molar-refractivity contribution in [3.05, 3.63) is 48.3 Å². The number of thioether (sulfide) groups is 1. The highest BCUT2D eigenvalue weighted by atomic mass is 32.2. The number of nitrogens with zero attached hydrogens (tertiary/aromatic N) is 3. The molecule has 0 bridgehead atoms. The van der Waals surface area contributed by atoms with Crippen molar-refractivity contribution in [2.45, 2.75) is 4.90 Å². The molecule has 6 nitrogen and oxygen atoms in total. The van der Waals surface area contributed by atoms with Gasteiger partial charge < -0.3 is 9.47 Å². The van der Waals surface area contributed by atoms with Crippen molar-refractivity contribution >= 4 is 44.4 Å². The molecule has 1 fully saturated rings. The van der Waals surface area contributed by atoms with Gasteiger partial charge in [0.1, 0.15) is 11.6 Å². The van der Waals surface area contributed by atoms with Gasteiger partial charge in [0, 0.05) is 31.1 Å². The van der Waals surface area contributed by atoms with Gasteiger partial charge in [-0.05, 0) is 42.5 Å². The number of morpholine rings is 1. The van der Waals surface area contributed by atoms with E-state index in [-0.39, 0.29) is 17.5 Å². The molecular formula is C22H24FN3O3S2. The van der Waals surface area contributed by atoms with Crippen molar-refractivity contribution in [3.8, 4) is 5.75 Å². The minimum atomic E-state index is -0.285. The lowest BCUT2D eigenvalue weighted by Crippen LogP contribution is -2.43. The van der Waals surface area contributed by atoms with Gasteiger partial charge in [-0.25, -0.2) is 9.37 Å². The van der Waals surface area contributed by atoms with Gasteiger partial charge in [-0.2, -0.15) is 0 Å². The van der Waals surface area contributed by atoms with E-state index in [9.17, 15) is 9.18 Å². The van der Waals surface area contributed by atoms with E-state index in [2.05, 4.69) is 4.90 Å². The molecule has 164 valence electrons. The molecule has 0 aliphatic carbocycles. The second-order valence-electron chi connectivity index (χ2n) is 7.07. The number of fused-ring (bicyclic) bond motifs is 1. The predicted octanol–water partition coefficient (Wildman–Crippen LogP) is 3.90. The topological polar surface area (TPSA) is 54.9 Å². The van der Waals surface area contributed by atoms with Crippen molar-refractivity contribution < 1.29 is 18.7 Å². The number of hydrogen-bond acceptors (Lipinski definition) is 7. The molecule has 0 unspecified atom stereocenters. The van der Waals surface area contributed by atoms with Crippen LogP contribution in [0.1, 0.15) is 0 Å². The lowest BCUT2D eigenvalue weighted by atomic mass is 10.3. The summed E-state index contributed by atoms with van der Waals surface area (Å²) < 4.78 is 24.9. The minimum absolute atomic E-state index is 0.0198. The summed E-state index contributed by atoms with van der Waals surface area (Å²) in [5.74, 6) is 0.718. The summed E-state index contributed by atoms with van der Waals surface area (Å²) in [6.45, 7) is 4.48. The average molecular weight is 462 g/mol. The van der Waals surface area contributed by atoms with E-state index in [0.717, 1.165) is 53.7 Å². The number of carbonyl (C=O) groups is 1. The Morgan fingerprint density at radius 3 is 2.77 bits per heavy atom. The van der Waals surface area contributed by atoms with Crippen LogP contribution in [0.2, 0.25) is 0 Å². The van der Waals surface area contributed by atoms with Crippen molar-refractivity contribution in [2.75, 3.05) is 57.2 Å². The van der Waals surface area contributed by atoms with Crippen LogP contribution in [0.4, 0.5) is 9.52 Å². The zero-order valence-corrected chi connectivity index (χ0v) is 18.9. The Balaban J connectivity index is 1.51. The van der Waals surface area contributed by atoms with Gasteiger partial charge in [-0.1, -0.05) is 11.3 Å². The maximum atomic E-state index is 13.2. The van der Waals surface area contributed by atoms with Crippen LogP contribution in [-0.2, 0) is 9.53 Å². The van der Waals surface area contributed by atoms with E-state index in [1.54, 1.807) is 24.1 Å². The molecule has 1 aliphatic heterocycles. The number of anilines is 1. The first kappa shape index (κ1) is 22.0. The molecule has 3 aromatic rings. The number of aromatic nitrogens is 1. The minimum Gasteiger partial charge on any atom is -0.497 e.